The van der Waals surface area contributed by atoms with Gasteiger partial charge in [-0.3, -0.25) is 0 Å². The molecule has 1 aliphatic heterocycles. The molecule has 0 bridgehead atoms. The van der Waals surface area contributed by atoms with E-state index < -0.39 is 0 Å². The number of urea groups is 1. The van der Waals surface area contributed by atoms with Gasteiger partial charge in [-0.1, -0.05) is 27.7 Å². The maximum Gasteiger partial charge on any atom is 0.315 e. The summed E-state index contributed by atoms with van der Waals surface area (Å²) >= 11 is 0. The van der Waals surface area contributed by atoms with Crippen molar-refractivity contribution in [1.29, 1.82) is 0 Å². The molecule has 4 heteroatoms. The Balaban J connectivity index is 0.00000106. The number of hydrogen-bond acceptors (Lipinski definition) is 2. The minimum absolute atomic E-state index is 0.0504. The first kappa shape index (κ1) is 15.2. The van der Waals surface area contributed by atoms with Gasteiger partial charge in [0.25, 0.3) is 0 Å². The fourth-order valence-electron chi connectivity index (χ4n) is 1.38. The molecular formula is C12H26N2O2. The van der Waals surface area contributed by atoms with Crippen molar-refractivity contribution in [2.45, 2.75) is 46.6 Å². The van der Waals surface area contributed by atoms with Crippen molar-refractivity contribution in [2.24, 2.45) is 5.92 Å². The molecule has 1 heterocycles. The Labute approximate surface area is 99.1 Å². The van der Waals surface area contributed by atoms with Gasteiger partial charge in [-0.15, -0.1) is 0 Å². The summed E-state index contributed by atoms with van der Waals surface area (Å²) in [5, 5.41) is 5.78. The second kappa shape index (κ2) is 9.46. The van der Waals surface area contributed by atoms with Crippen molar-refractivity contribution in [2.75, 3.05) is 19.8 Å². The molecule has 1 fully saturated rings. The zero-order valence-corrected chi connectivity index (χ0v) is 11.0. The van der Waals surface area contributed by atoms with Crippen LogP contribution in [0.5, 0.6) is 0 Å². The summed E-state index contributed by atoms with van der Waals surface area (Å²) in [4.78, 5) is 11.4. The SMILES string of the molecule is CC.CC(C)CNC(=O)NC1CCOCC1. The monoisotopic (exact) mass is 230 g/mol. The van der Waals surface area contributed by atoms with Crippen LogP contribution in [-0.4, -0.2) is 31.8 Å². The van der Waals surface area contributed by atoms with Crippen molar-refractivity contribution in [1.82, 2.24) is 10.6 Å². The molecule has 0 aromatic rings. The lowest BCUT2D eigenvalue weighted by atomic mass is 10.1. The van der Waals surface area contributed by atoms with Gasteiger partial charge < -0.3 is 15.4 Å². The van der Waals surface area contributed by atoms with Crippen LogP contribution in [0.4, 0.5) is 4.79 Å². The average molecular weight is 230 g/mol. The zero-order valence-electron chi connectivity index (χ0n) is 11.0. The van der Waals surface area contributed by atoms with Gasteiger partial charge in [0.15, 0.2) is 0 Å². The standard InChI is InChI=1S/C10H20N2O2.C2H6/c1-8(2)7-11-10(13)12-9-3-5-14-6-4-9;1-2/h8-9H,3-7H2,1-2H3,(H2,11,12,13);1-2H3. The summed E-state index contributed by atoms with van der Waals surface area (Å²) in [5.74, 6) is 0.496. The summed E-state index contributed by atoms with van der Waals surface area (Å²) < 4.78 is 5.21. The van der Waals surface area contributed by atoms with Crippen LogP contribution in [0, 0.1) is 5.92 Å². The van der Waals surface area contributed by atoms with Crippen molar-refractivity contribution < 1.29 is 9.53 Å². The Morgan fingerprint density at radius 3 is 2.38 bits per heavy atom. The lowest BCUT2D eigenvalue weighted by Gasteiger charge is -2.23. The van der Waals surface area contributed by atoms with Crippen LogP contribution in [0.25, 0.3) is 0 Å². The third-order valence-electron chi connectivity index (χ3n) is 2.23. The van der Waals surface area contributed by atoms with E-state index in [0.717, 1.165) is 32.6 Å². The Kier molecular flexibility index (Phi) is 9.00. The Bertz CT molecular complexity index is 178. The Hall–Kier alpha value is -0.770. The first-order valence-electron chi connectivity index (χ1n) is 6.30. The van der Waals surface area contributed by atoms with Gasteiger partial charge in [-0.2, -0.15) is 0 Å². The van der Waals surface area contributed by atoms with E-state index in [0.29, 0.717) is 5.92 Å². The summed E-state index contributed by atoms with van der Waals surface area (Å²) in [6, 6.07) is 0.238. The molecule has 96 valence electrons. The van der Waals surface area contributed by atoms with Crippen molar-refractivity contribution in [3.8, 4) is 0 Å². The number of nitrogens with one attached hydrogen (secondary N) is 2. The fraction of sp³-hybridized carbons (Fsp3) is 0.917. The minimum atomic E-state index is -0.0504. The smallest absolute Gasteiger partial charge is 0.315 e. The van der Waals surface area contributed by atoms with Gasteiger partial charge in [0, 0.05) is 25.8 Å². The van der Waals surface area contributed by atoms with Crippen molar-refractivity contribution in [3.63, 3.8) is 0 Å². The van der Waals surface area contributed by atoms with Crippen LogP contribution in [0.2, 0.25) is 0 Å². The third-order valence-corrected chi connectivity index (χ3v) is 2.23. The molecule has 4 nitrogen and oxygen atoms in total. The fourth-order valence-corrected chi connectivity index (χ4v) is 1.38. The van der Waals surface area contributed by atoms with Gasteiger partial charge in [-0.25, -0.2) is 4.79 Å². The molecule has 16 heavy (non-hydrogen) atoms. The van der Waals surface area contributed by atoms with E-state index in [4.69, 9.17) is 4.74 Å². The highest BCUT2D eigenvalue weighted by Crippen LogP contribution is 2.05. The van der Waals surface area contributed by atoms with Gasteiger partial charge in [0.05, 0.1) is 0 Å². The van der Waals surface area contributed by atoms with Crippen LogP contribution in [0.1, 0.15) is 40.5 Å². The number of carbonyl (C=O) groups is 1. The summed E-state index contributed by atoms with van der Waals surface area (Å²) in [7, 11) is 0. The van der Waals surface area contributed by atoms with E-state index in [1.165, 1.54) is 0 Å². The summed E-state index contributed by atoms with van der Waals surface area (Å²) in [6.45, 7) is 10.4. The van der Waals surface area contributed by atoms with Crippen LogP contribution in [-0.2, 0) is 4.74 Å². The molecule has 0 saturated carbocycles. The lowest BCUT2D eigenvalue weighted by molar-refractivity contribution is 0.0800. The molecule has 1 saturated heterocycles. The van der Waals surface area contributed by atoms with E-state index in [1.54, 1.807) is 0 Å². The average Bonchev–Trinajstić information content (AvgIpc) is 2.30. The lowest BCUT2D eigenvalue weighted by Crippen LogP contribution is -2.45. The van der Waals surface area contributed by atoms with Gasteiger partial charge in [0.2, 0.25) is 0 Å². The van der Waals surface area contributed by atoms with Crippen molar-refractivity contribution in [3.05, 3.63) is 0 Å². The molecule has 2 N–H and O–H groups in total. The van der Waals surface area contributed by atoms with Crippen LogP contribution in [0.15, 0.2) is 0 Å². The van der Waals surface area contributed by atoms with Gasteiger partial charge >= 0.3 is 6.03 Å². The number of carbonyl (C=O) groups excluding carboxylic acids is 1. The predicted octanol–water partition coefficient (Wildman–Crippen LogP) is 2.15. The number of amides is 2. The maximum absolute atomic E-state index is 11.4. The molecule has 0 aliphatic carbocycles. The molecule has 0 spiro atoms. The van der Waals surface area contributed by atoms with Crippen LogP contribution < -0.4 is 10.6 Å². The molecule has 1 aliphatic rings. The van der Waals surface area contributed by atoms with E-state index in [1.807, 2.05) is 13.8 Å². The maximum atomic E-state index is 11.4. The number of hydrogen-bond donors (Lipinski definition) is 2. The third kappa shape index (κ3) is 7.51. The van der Waals surface area contributed by atoms with Crippen LogP contribution in [0.3, 0.4) is 0 Å². The molecule has 0 radical (unpaired) electrons. The van der Waals surface area contributed by atoms with Crippen LogP contribution >= 0.6 is 0 Å². The van der Waals surface area contributed by atoms with E-state index in [9.17, 15) is 4.79 Å². The topological polar surface area (TPSA) is 50.4 Å². The van der Waals surface area contributed by atoms with Gasteiger partial charge in [0.1, 0.15) is 0 Å². The highest BCUT2D eigenvalue weighted by atomic mass is 16.5. The highest BCUT2D eigenvalue weighted by molar-refractivity contribution is 5.74. The first-order valence-corrected chi connectivity index (χ1v) is 6.30. The second-order valence-electron chi connectivity index (χ2n) is 4.13. The Morgan fingerprint density at radius 1 is 1.31 bits per heavy atom. The molecule has 0 aromatic carbocycles. The summed E-state index contributed by atoms with van der Waals surface area (Å²) in [5.41, 5.74) is 0. The molecule has 1 rings (SSSR count). The van der Waals surface area contributed by atoms with E-state index >= 15 is 0 Å². The molecule has 0 atom stereocenters. The first-order chi connectivity index (χ1) is 7.68. The highest BCUT2D eigenvalue weighted by Gasteiger charge is 2.15. The second-order valence-corrected chi connectivity index (χ2v) is 4.13. The normalized spacial score (nSPS) is 16.3. The van der Waals surface area contributed by atoms with Crippen molar-refractivity contribution >= 4 is 6.03 Å². The largest absolute Gasteiger partial charge is 0.381 e. The number of rotatable bonds is 3. The zero-order chi connectivity index (χ0) is 12.4. The predicted molar refractivity (Wildman–Crippen MR) is 66.6 cm³/mol. The molecular weight excluding hydrogens is 204 g/mol. The van der Waals surface area contributed by atoms with E-state index in [2.05, 4.69) is 24.5 Å². The Morgan fingerprint density at radius 2 is 1.88 bits per heavy atom. The molecule has 2 amide bonds. The van der Waals surface area contributed by atoms with E-state index in [-0.39, 0.29) is 12.1 Å². The van der Waals surface area contributed by atoms with Gasteiger partial charge in [-0.05, 0) is 18.8 Å². The molecule has 0 aromatic heterocycles. The number of ether oxygens (including phenoxy) is 1. The summed E-state index contributed by atoms with van der Waals surface area (Å²) in [6.07, 6.45) is 1.85. The molecule has 0 unspecified atom stereocenters. The quantitative estimate of drug-likeness (QED) is 0.780. The minimum Gasteiger partial charge on any atom is -0.381 e.